The van der Waals surface area contributed by atoms with Gasteiger partial charge >= 0.3 is 6.03 Å². The molecule has 5 rings (SSSR count). The van der Waals surface area contributed by atoms with Gasteiger partial charge in [0.25, 0.3) is 0 Å². The van der Waals surface area contributed by atoms with Crippen LogP contribution in [0.5, 0.6) is 5.75 Å². The number of carbonyl (C=O) groups is 1. The van der Waals surface area contributed by atoms with Crippen LogP contribution in [0.2, 0.25) is 0 Å². The molecule has 11 heteroatoms. The molecule has 2 aliphatic rings. The molecular weight excluding hydrogens is 460 g/mol. The number of aromatic nitrogens is 4. The van der Waals surface area contributed by atoms with E-state index in [1.54, 1.807) is 17.1 Å². The van der Waals surface area contributed by atoms with Crippen LogP contribution in [0.15, 0.2) is 47.8 Å². The van der Waals surface area contributed by atoms with Gasteiger partial charge in [0, 0.05) is 36.0 Å². The lowest BCUT2D eigenvalue weighted by atomic mass is 9.97. The molecule has 1 aromatic carbocycles. The van der Waals surface area contributed by atoms with Crippen molar-refractivity contribution in [2.75, 3.05) is 18.6 Å². The first-order valence-corrected chi connectivity index (χ1v) is 11.9. The Balaban J connectivity index is 1.32. The van der Waals surface area contributed by atoms with E-state index in [0.29, 0.717) is 18.5 Å². The smallest absolute Gasteiger partial charge is 0.352 e. The molecule has 0 aliphatic carbocycles. The largest absolute Gasteiger partial charge is 0.493 e. The van der Waals surface area contributed by atoms with Gasteiger partial charge in [-0.3, -0.25) is 4.68 Å². The number of fused-ring (bicyclic) bond motifs is 1. The minimum absolute atomic E-state index is 0.177. The van der Waals surface area contributed by atoms with Gasteiger partial charge in [0.05, 0.1) is 30.2 Å². The number of aryl methyl sites for hydroxylation is 1. The normalized spacial score (nSPS) is 17.4. The molecule has 0 radical (unpaired) electrons. The van der Waals surface area contributed by atoms with E-state index in [2.05, 4.69) is 30.7 Å². The number of anilines is 2. The molecule has 0 spiro atoms. The summed E-state index contributed by atoms with van der Waals surface area (Å²) in [4.78, 5) is 31.9. The highest BCUT2D eigenvalue weighted by molar-refractivity contribution is 5.85. The predicted molar refractivity (Wildman–Crippen MR) is 135 cm³/mol. The van der Waals surface area contributed by atoms with Crippen molar-refractivity contribution in [1.82, 2.24) is 30.1 Å². The van der Waals surface area contributed by atoms with Gasteiger partial charge in [0.2, 0.25) is 11.8 Å². The van der Waals surface area contributed by atoms with Crippen molar-refractivity contribution in [2.45, 2.75) is 39.7 Å². The van der Waals surface area contributed by atoms with E-state index >= 15 is 0 Å². The second kappa shape index (κ2) is 9.48. The zero-order valence-corrected chi connectivity index (χ0v) is 20.9. The minimum atomic E-state index is -0.318. The number of aliphatic imine (C=N–C) groups is 1. The van der Waals surface area contributed by atoms with E-state index in [9.17, 15) is 4.79 Å². The number of hydrogen-bond donors (Lipinski definition) is 2. The third-order valence-electron chi connectivity index (χ3n) is 5.90. The molecule has 1 atom stereocenters. The van der Waals surface area contributed by atoms with Crippen molar-refractivity contribution >= 4 is 23.6 Å². The molecule has 0 unspecified atom stereocenters. The Labute approximate surface area is 209 Å². The number of amides is 2. The van der Waals surface area contributed by atoms with Gasteiger partial charge in [-0.2, -0.15) is 5.10 Å². The number of ether oxygens (including phenoxy) is 1. The molecule has 36 heavy (non-hydrogen) atoms. The van der Waals surface area contributed by atoms with Crippen LogP contribution in [0, 0.1) is 5.41 Å². The van der Waals surface area contributed by atoms with Gasteiger partial charge in [-0.05, 0) is 25.0 Å². The number of nitrogens with one attached hydrogen (secondary N) is 2. The zero-order valence-electron chi connectivity index (χ0n) is 20.9. The van der Waals surface area contributed by atoms with Crippen LogP contribution in [0.1, 0.15) is 45.2 Å². The SMILES string of the molecule is Cn1cc(Nc2nccc(-c3ccc4c(c3)OCCC[C@@H]4NC(=O)N3CN=C(C(C)(C)C)O3)n2)cn1. The summed E-state index contributed by atoms with van der Waals surface area (Å²) in [5, 5.41) is 11.7. The molecule has 4 heterocycles. The average molecular weight is 491 g/mol. The van der Waals surface area contributed by atoms with Crippen molar-refractivity contribution < 1.29 is 14.4 Å². The molecule has 188 valence electrons. The van der Waals surface area contributed by atoms with E-state index in [4.69, 9.17) is 9.57 Å². The fraction of sp³-hybridized carbons (Fsp3) is 0.400. The number of hydrogen-bond acceptors (Lipinski definition) is 8. The van der Waals surface area contributed by atoms with Gasteiger partial charge in [-0.25, -0.2) is 19.8 Å². The number of hydroxylamine groups is 2. The predicted octanol–water partition coefficient (Wildman–Crippen LogP) is 4.19. The van der Waals surface area contributed by atoms with E-state index < -0.39 is 0 Å². The second-order valence-corrected chi connectivity index (χ2v) is 9.86. The van der Waals surface area contributed by atoms with Crippen molar-refractivity contribution in [1.29, 1.82) is 0 Å². The van der Waals surface area contributed by atoms with Crippen LogP contribution < -0.4 is 15.4 Å². The molecule has 2 N–H and O–H groups in total. The molecule has 11 nitrogen and oxygen atoms in total. The summed E-state index contributed by atoms with van der Waals surface area (Å²) in [5.74, 6) is 1.75. The highest BCUT2D eigenvalue weighted by Gasteiger charge is 2.32. The number of benzene rings is 1. The molecule has 0 fully saturated rings. The average Bonchev–Trinajstić information content (AvgIpc) is 3.46. The van der Waals surface area contributed by atoms with Crippen LogP contribution in [0.4, 0.5) is 16.4 Å². The minimum Gasteiger partial charge on any atom is -0.493 e. The van der Waals surface area contributed by atoms with E-state index in [-0.39, 0.29) is 24.2 Å². The van der Waals surface area contributed by atoms with Crippen LogP contribution in [0.25, 0.3) is 11.3 Å². The first-order chi connectivity index (χ1) is 17.3. The van der Waals surface area contributed by atoms with Crippen LogP contribution in [0.3, 0.4) is 0 Å². The van der Waals surface area contributed by atoms with Crippen molar-refractivity contribution in [3.05, 3.63) is 48.4 Å². The van der Waals surface area contributed by atoms with Crippen molar-refractivity contribution in [3.63, 3.8) is 0 Å². The Kier molecular flexibility index (Phi) is 6.21. The summed E-state index contributed by atoms with van der Waals surface area (Å²) < 4.78 is 7.76. The lowest BCUT2D eigenvalue weighted by molar-refractivity contribution is -0.0128. The second-order valence-electron chi connectivity index (χ2n) is 9.86. The lowest BCUT2D eigenvalue weighted by Crippen LogP contribution is -2.41. The first-order valence-electron chi connectivity index (χ1n) is 11.9. The number of rotatable bonds is 4. The van der Waals surface area contributed by atoms with Crippen molar-refractivity contribution in [2.24, 2.45) is 17.5 Å². The molecule has 0 saturated carbocycles. The third-order valence-corrected chi connectivity index (χ3v) is 5.90. The number of nitrogens with zero attached hydrogens (tertiary/aromatic N) is 6. The molecule has 0 bridgehead atoms. The van der Waals surface area contributed by atoms with Crippen molar-refractivity contribution in [3.8, 4) is 17.0 Å². The summed E-state index contributed by atoms with van der Waals surface area (Å²) in [6.45, 7) is 6.74. The van der Waals surface area contributed by atoms with E-state index in [0.717, 1.165) is 41.1 Å². The summed E-state index contributed by atoms with van der Waals surface area (Å²) in [6.07, 6.45) is 6.84. The third kappa shape index (κ3) is 5.09. The van der Waals surface area contributed by atoms with Gasteiger partial charge < -0.3 is 20.2 Å². The topological polar surface area (TPSA) is 119 Å². The van der Waals surface area contributed by atoms with Gasteiger partial charge in [0.15, 0.2) is 6.67 Å². The van der Waals surface area contributed by atoms with Crippen LogP contribution >= 0.6 is 0 Å². The highest BCUT2D eigenvalue weighted by Crippen LogP contribution is 2.35. The maximum absolute atomic E-state index is 12.9. The monoisotopic (exact) mass is 490 g/mol. The highest BCUT2D eigenvalue weighted by atomic mass is 16.7. The van der Waals surface area contributed by atoms with E-state index in [1.165, 1.54) is 5.06 Å². The molecule has 2 aromatic heterocycles. The maximum Gasteiger partial charge on any atom is 0.352 e. The fourth-order valence-electron chi connectivity index (χ4n) is 4.07. The van der Waals surface area contributed by atoms with Gasteiger partial charge in [-0.15, -0.1) is 5.06 Å². The Bertz CT molecular complexity index is 1300. The first kappa shape index (κ1) is 23.6. The summed E-state index contributed by atoms with van der Waals surface area (Å²) in [7, 11) is 1.85. The molecule has 0 saturated heterocycles. The Hall–Kier alpha value is -4.15. The standard InChI is InChI=1S/C25H30N8O3/c1-25(2,3)22-27-15-33(36-22)24(34)31-20-6-5-11-35-21-12-16(7-8-18(20)21)19-9-10-26-23(30-19)29-17-13-28-32(4)14-17/h7-10,12-14,20H,5-6,11,15H2,1-4H3,(H,31,34)(H,26,29,30)/t20-/m0/s1. The molecular formula is C25H30N8O3. The van der Waals surface area contributed by atoms with Gasteiger partial charge in [-0.1, -0.05) is 32.9 Å². The molecule has 3 aromatic rings. The fourth-order valence-corrected chi connectivity index (χ4v) is 4.07. The Morgan fingerprint density at radius 2 is 2.08 bits per heavy atom. The Morgan fingerprint density at radius 3 is 2.83 bits per heavy atom. The number of urea groups is 1. The Morgan fingerprint density at radius 1 is 1.22 bits per heavy atom. The number of carbonyl (C=O) groups excluding carboxylic acids is 1. The van der Waals surface area contributed by atoms with E-state index in [1.807, 2.05) is 58.3 Å². The quantitative estimate of drug-likeness (QED) is 0.563. The summed E-state index contributed by atoms with van der Waals surface area (Å²) in [6, 6.07) is 7.25. The summed E-state index contributed by atoms with van der Waals surface area (Å²) in [5.41, 5.74) is 3.11. The summed E-state index contributed by atoms with van der Waals surface area (Å²) >= 11 is 0. The van der Waals surface area contributed by atoms with Crippen LogP contribution in [-0.4, -0.2) is 50.0 Å². The lowest BCUT2D eigenvalue weighted by Gasteiger charge is -2.24. The van der Waals surface area contributed by atoms with Gasteiger partial charge in [0.1, 0.15) is 5.75 Å². The maximum atomic E-state index is 12.9. The zero-order chi connectivity index (χ0) is 25.3. The van der Waals surface area contributed by atoms with Crippen LogP contribution in [-0.2, 0) is 11.9 Å². The molecule has 2 aliphatic heterocycles. The molecule has 2 amide bonds.